The van der Waals surface area contributed by atoms with E-state index in [4.69, 9.17) is 0 Å². The van der Waals surface area contributed by atoms with Gasteiger partial charge in [-0.3, -0.25) is 0 Å². The predicted molar refractivity (Wildman–Crippen MR) is 79.6 cm³/mol. The van der Waals surface area contributed by atoms with Gasteiger partial charge in [0.1, 0.15) is 6.54 Å². The number of hydrogen-bond acceptors (Lipinski definition) is 0. The third-order valence-corrected chi connectivity index (χ3v) is 5.24. The van der Waals surface area contributed by atoms with Crippen molar-refractivity contribution in [1.82, 2.24) is 0 Å². The van der Waals surface area contributed by atoms with Crippen molar-refractivity contribution in [3.05, 3.63) is 30.1 Å². The van der Waals surface area contributed by atoms with E-state index in [0.29, 0.717) is 0 Å². The number of rotatable bonds is 3. The van der Waals surface area contributed by atoms with Crippen LogP contribution in [0, 0.1) is 0 Å². The van der Waals surface area contributed by atoms with E-state index in [0.717, 1.165) is 6.04 Å². The summed E-state index contributed by atoms with van der Waals surface area (Å²) >= 11 is 0. The number of H-pyrrole nitrogens is 1. The summed E-state index contributed by atoms with van der Waals surface area (Å²) in [5, 5.41) is 0. The maximum absolute atomic E-state index is 3.20. The summed E-state index contributed by atoms with van der Waals surface area (Å²) in [7, 11) is 0. The summed E-state index contributed by atoms with van der Waals surface area (Å²) in [5.41, 5.74) is 1.45. The van der Waals surface area contributed by atoms with Crippen molar-refractivity contribution in [3.63, 3.8) is 0 Å². The van der Waals surface area contributed by atoms with Gasteiger partial charge in [0.2, 0.25) is 0 Å². The normalized spacial score (nSPS) is 29.0. The summed E-state index contributed by atoms with van der Waals surface area (Å²) < 4.78 is 0. The van der Waals surface area contributed by atoms with Crippen LogP contribution in [0.2, 0.25) is 0 Å². The van der Waals surface area contributed by atoms with Crippen molar-refractivity contribution in [2.45, 2.75) is 51.1 Å². The van der Waals surface area contributed by atoms with E-state index in [-0.39, 0.29) is 0 Å². The first kappa shape index (κ1) is 14.0. The maximum atomic E-state index is 3.20. The van der Waals surface area contributed by atoms with Gasteiger partial charge in [-0.25, -0.2) is 4.98 Å². The largest absolute Gasteiger partial charge is 0.332 e. The average Bonchev–Trinajstić information content (AvgIpc) is 2.78. The number of nitrogens with one attached hydrogen (secondary N) is 3. The molecular formula is C17H30N3+3. The van der Waals surface area contributed by atoms with Crippen LogP contribution in [-0.2, 0) is 6.54 Å². The number of pyridine rings is 1. The molecule has 110 valence electrons. The molecule has 0 amide bonds. The lowest BCUT2D eigenvalue weighted by atomic mass is 10.0. The molecular weight excluding hydrogens is 246 g/mol. The number of aromatic nitrogens is 1. The third kappa shape index (κ3) is 3.80. The third-order valence-electron chi connectivity index (χ3n) is 5.24. The van der Waals surface area contributed by atoms with Gasteiger partial charge < -0.3 is 9.80 Å². The van der Waals surface area contributed by atoms with Gasteiger partial charge >= 0.3 is 0 Å². The average molecular weight is 276 g/mol. The molecule has 2 aliphatic heterocycles. The van der Waals surface area contributed by atoms with Crippen molar-refractivity contribution in [1.29, 1.82) is 0 Å². The van der Waals surface area contributed by atoms with E-state index in [9.17, 15) is 0 Å². The van der Waals surface area contributed by atoms with Crippen LogP contribution in [0.5, 0.6) is 0 Å². The van der Waals surface area contributed by atoms with Crippen LogP contribution in [0.25, 0.3) is 0 Å². The highest BCUT2D eigenvalue weighted by Gasteiger charge is 2.30. The van der Waals surface area contributed by atoms with Gasteiger partial charge in [-0.2, -0.15) is 0 Å². The Bertz CT molecular complexity index is 376. The van der Waals surface area contributed by atoms with E-state index >= 15 is 0 Å². The summed E-state index contributed by atoms with van der Waals surface area (Å²) in [6.45, 7) is 6.80. The number of aromatic amines is 1. The lowest BCUT2D eigenvalue weighted by molar-refractivity contribution is -0.963. The highest BCUT2D eigenvalue weighted by Crippen LogP contribution is 2.03. The van der Waals surface area contributed by atoms with Crippen LogP contribution in [0.1, 0.15) is 44.1 Å². The molecule has 0 aliphatic carbocycles. The second-order valence-corrected chi connectivity index (χ2v) is 6.69. The molecule has 0 atom stereocenters. The first-order valence-corrected chi connectivity index (χ1v) is 8.55. The lowest BCUT2D eigenvalue weighted by Crippen LogP contribution is -3.20. The molecule has 0 spiro atoms. The first-order chi connectivity index (χ1) is 9.92. The summed E-state index contributed by atoms with van der Waals surface area (Å²) in [6, 6.07) is 5.32. The Morgan fingerprint density at radius 2 is 1.75 bits per heavy atom. The summed E-state index contributed by atoms with van der Waals surface area (Å²) in [6.07, 6.45) is 12.9. The Morgan fingerprint density at radius 3 is 2.40 bits per heavy atom. The molecule has 0 radical (unpaired) electrons. The Balaban J connectivity index is 1.46. The highest BCUT2D eigenvalue weighted by atomic mass is 15.2. The molecule has 0 unspecified atom stereocenters. The SMILES string of the molecule is c1c[nH+]cc(C[NH+]2CCC([NH+]3CCCCCC3)CC2)c1. The fraction of sp³-hybridized carbons (Fsp3) is 0.706. The first-order valence-electron chi connectivity index (χ1n) is 8.55. The van der Waals surface area contributed by atoms with Crippen LogP contribution in [0.15, 0.2) is 24.5 Å². The molecule has 2 aliphatic rings. The van der Waals surface area contributed by atoms with Crippen molar-refractivity contribution in [3.8, 4) is 0 Å². The highest BCUT2D eigenvalue weighted by molar-refractivity contribution is 5.02. The molecule has 0 bridgehead atoms. The van der Waals surface area contributed by atoms with E-state index in [1.165, 1.54) is 76.8 Å². The fourth-order valence-corrected chi connectivity index (χ4v) is 4.03. The molecule has 20 heavy (non-hydrogen) atoms. The second kappa shape index (κ2) is 7.19. The van der Waals surface area contributed by atoms with E-state index < -0.39 is 0 Å². The minimum atomic E-state index is 0.958. The van der Waals surface area contributed by atoms with Crippen LogP contribution in [0.3, 0.4) is 0 Å². The molecule has 3 heteroatoms. The molecule has 1 aromatic rings. The molecule has 2 saturated heterocycles. The molecule has 2 fully saturated rings. The quantitative estimate of drug-likeness (QED) is 0.744. The van der Waals surface area contributed by atoms with Crippen LogP contribution in [0.4, 0.5) is 0 Å². The molecule has 3 heterocycles. The zero-order valence-electron chi connectivity index (χ0n) is 12.7. The van der Waals surface area contributed by atoms with Crippen molar-refractivity contribution < 1.29 is 14.8 Å². The fourth-order valence-electron chi connectivity index (χ4n) is 4.03. The van der Waals surface area contributed by atoms with Crippen molar-refractivity contribution >= 4 is 0 Å². The van der Waals surface area contributed by atoms with E-state index in [1.807, 2.05) is 11.1 Å². The van der Waals surface area contributed by atoms with Gasteiger partial charge in [0.25, 0.3) is 0 Å². The topological polar surface area (TPSA) is 23.0 Å². The van der Waals surface area contributed by atoms with Crippen molar-refractivity contribution in [2.24, 2.45) is 0 Å². The molecule has 0 aromatic carbocycles. The van der Waals surface area contributed by atoms with E-state index in [1.54, 1.807) is 4.90 Å². The van der Waals surface area contributed by atoms with Gasteiger partial charge in [-0.15, -0.1) is 0 Å². The summed E-state index contributed by atoms with van der Waals surface area (Å²) in [4.78, 5) is 6.90. The number of likely N-dealkylation sites (tertiary alicyclic amines) is 2. The predicted octanol–water partition coefficient (Wildman–Crippen LogP) is -0.493. The minimum Gasteiger partial charge on any atom is -0.332 e. The standard InChI is InChI=1S/C17H27N3/c1-2-4-11-20(10-3-1)17-7-12-19(13-8-17)15-16-6-5-9-18-14-16/h5-6,9,14,17H,1-4,7-8,10-13,15H2/p+3. The Hall–Kier alpha value is -0.930. The lowest BCUT2D eigenvalue weighted by Gasteiger charge is -2.33. The molecule has 1 aromatic heterocycles. The zero-order valence-corrected chi connectivity index (χ0v) is 12.7. The molecule has 3 N–H and O–H groups in total. The maximum Gasteiger partial charge on any atom is 0.175 e. The van der Waals surface area contributed by atoms with Crippen LogP contribution < -0.4 is 14.8 Å². The van der Waals surface area contributed by atoms with Crippen LogP contribution >= 0.6 is 0 Å². The summed E-state index contributed by atoms with van der Waals surface area (Å²) in [5.74, 6) is 0. The molecule has 3 rings (SSSR count). The van der Waals surface area contributed by atoms with Gasteiger partial charge in [-0.1, -0.05) is 0 Å². The Kier molecular flexibility index (Phi) is 5.04. The van der Waals surface area contributed by atoms with Crippen LogP contribution in [-0.4, -0.2) is 32.2 Å². The second-order valence-electron chi connectivity index (χ2n) is 6.69. The number of piperidine rings is 1. The number of quaternary nitrogens is 2. The van der Waals surface area contributed by atoms with Gasteiger partial charge in [0.15, 0.2) is 12.4 Å². The molecule has 0 saturated carbocycles. The smallest absolute Gasteiger partial charge is 0.175 e. The molecule has 3 nitrogen and oxygen atoms in total. The van der Waals surface area contributed by atoms with Gasteiger partial charge in [0, 0.05) is 18.9 Å². The van der Waals surface area contributed by atoms with Gasteiger partial charge in [-0.05, 0) is 31.7 Å². The van der Waals surface area contributed by atoms with E-state index in [2.05, 4.69) is 23.3 Å². The Labute approximate surface area is 123 Å². The Morgan fingerprint density at radius 1 is 1.00 bits per heavy atom. The van der Waals surface area contributed by atoms with Crippen molar-refractivity contribution in [2.75, 3.05) is 26.2 Å². The zero-order chi connectivity index (χ0) is 13.6. The van der Waals surface area contributed by atoms with Gasteiger partial charge in [0.05, 0.1) is 37.8 Å². The number of hydrogen-bond donors (Lipinski definition) is 2. The minimum absolute atomic E-state index is 0.958. The monoisotopic (exact) mass is 276 g/mol.